The summed E-state index contributed by atoms with van der Waals surface area (Å²) < 4.78 is 17.5. The number of rotatable bonds is 4. The molecule has 1 N–H and O–H groups in total. The first-order chi connectivity index (χ1) is 14.2. The highest BCUT2D eigenvalue weighted by Gasteiger charge is 2.17. The van der Waals surface area contributed by atoms with Gasteiger partial charge in [0, 0.05) is 24.2 Å². The van der Waals surface area contributed by atoms with Crippen molar-refractivity contribution in [3.63, 3.8) is 0 Å². The second-order valence-electron chi connectivity index (χ2n) is 6.72. The van der Waals surface area contributed by atoms with Gasteiger partial charge in [0.25, 0.3) is 5.91 Å². The predicted molar refractivity (Wildman–Crippen MR) is 113 cm³/mol. The summed E-state index contributed by atoms with van der Waals surface area (Å²) >= 11 is 1.62. The molecule has 29 heavy (non-hydrogen) atoms. The van der Waals surface area contributed by atoms with Crippen molar-refractivity contribution in [1.29, 1.82) is 0 Å². The fourth-order valence-corrected chi connectivity index (χ4v) is 4.44. The van der Waals surface area contributed by atoms with Crippen molar-refractivity contribution in [2.24, 2.45) is 0 Å². The van der Waals surface area contributed by atoms with Gasteiger partial charge in [-0.25, -0.2) is 4.98 Å². The van der Waals surface area contributed by atoms with Gasteiger partial charge in [0.15, 0.2) is 22.2 Å². The third-order valence-corrected chi connectivity index (χ3v) is 5.95. The molecule has 2 aromatic carbocycles. The van der Waals surface area contributed by atoms with E-state index in [0.29, 0.717) is 17.0 Å². The Morgan fingerprint density at radius 3 is 2.90 bits per heavy atom. The van der Waals surface area contributed by atoms with Gasteiger partial charge < -0.3 is 24.1 Å². The van der Waals surface area contributed by atoms with Gasteiger partial charge in [-0.05, 0) is 30.3 Å². The third-order valence-electron chi connectivity index (χ3n) is 4.87. The number of ether oxygens (including phenoxy) is 2. The number of nitrogens with one attached hydrogen (secondary N) is 1. The summed E-state index contributed by atoms with van der Waals surface area (Å²) in [7, 11) is 1.58. The summed E-state index contributed by atoms with van der Waals surface area (Å²) in [6, 6.07) is 13.0. The molecule has 1 aliphatic heterocycles. The number of hydrogen-bond acceptors (Lipinski definition) is 7. The lowest BCUT2D eigenvalue weighted by molar-refractivity contribution is 0.0998. The first-order valence-corrected chi connectivity index (χ1v) is 10.1. The van der Waals surface area contributed by atoms with Crippen LogP contribution in [0.3, 0.4) is 0 Å². The zero-order chi connectivity index (χ0) is 19.8. The van der Waals surface area contributed by atoms with E-state index in [-0.39, 0.29) is 11.7 Å². The van der Waals surface area contributed by atoms with Gasteiger partial charge in [-0.2, -0.15) is 0 Å². The van der Waals surface area contributed by atoms with E-state index in [1.54, 1.807) is 30.6 Å². The molecule has 148 valence electrons. The highest BCUT2D eigenvalue weighted by atomic mass is 32.1. The molecule has 3 heterocycles. The minimum atomic E-state index is -0.305. The molecule has 0 radical (unpaired) electrons. The molecule has 8 heteroatoms. The first-order valence-electron chi connectivity index (χ1n) is 9.32. The number of morpholine rings is 1. The Bertz CT molecular complexity index is 1190. The van der Waals surface area contributed by atoms with E-state index < -0.39 is 0 Å². The highest BCUT2D eigenvalue weighted by molar-refractivity contribution is 7.22. The molecule has 0 spiro atoms. The van der Waals surface area contributed by atoms with Crippen LogP contribution in [0, 0.1) is 0 Å². The number of para-hydroxylation sites is 1. The predicted octanol–water partition coefficient (Wildman–Crippen LogP) is 4.14. The van der Waals surface area contributed by atoms with Crippen LogP contribution in [0.25, 0.3) is 21.2 Å². The number of furan rings is 1. The van der Waals surface area contributed by atoms with Crippen LogP contribution in [-0.4, -0.2) is 44.3 Å². The quantitative estimate of drug-likeness (QED) is 0.546. The van der Waals surface area contributed by atoms with Crippen molar-refractivity contribution in [2.45, 2.75) is 0 Å². The number of benzene rings is 2. The number of nitrogens with zero attached hydrogens (tertiary/aromatic N) is 2. The number of carbonyl (C=O) groups excluding carboxylic acids is 1. The average Bonchev–Trinajstić information content (AvgIpc) is 3.38. The number of methoxy groups -OCH3 is 1. The molecule has 0 atom stereocenters. The molecular formula is C21H19N3O4S. The smallest absolute Gasteiger partial charge is 0.291 e. The van der Waals surface area contributed by atoms with Crippen LogP contribution in [0.15, 0.2) is 46.9 Å². The SMILES string of the molecule is COc1cccc2cc(C(=O)Nc3ccc4nc(N5CCOCC5)sc4c3)oc12. The average molecular weight is 409 g/mol. The topological polar surface area (TPSA) is 76.8 Å². The molecule has 0 saturated carbocycles. The van der Waals surface area contributed by atoms with Crippen LogP contribution in [0.2, 0.25) is 0 Å². The van der Waals surface area contributed by atoms with Crippen molar-refractivity contribution < 1.29 is 18.7 Å². The number of hydrogen-bond donors (Lipinski definition) is 1. The molecule has 4 aromatic rings. The van der Waals surface area contributed by atoms with Crippen LogP contribution in [0.4, 0.5) is 10.8 Å². The Balaban J connectivity index is 1.39. The summed E-state index contributed by atoms with van der Waals surface area (Å²) in [5.41, 5.74) is 2.18. The molecule has 0 unspecified atom stereocenters. The van der Waals surface area contributed by atoms with Crippen molar-refractivity contribution in [3.8, 4) is 5.75 Å². The maximum atomic E-state index is 12.7. The lowest BCUT2D eigenvalue weighted by atomic mass is 10.2. The van der Waals surface area contributed by atoms with Crippen molar-refractivity contribution >= 4 is 49.2 Å². The Morgan fingerprint density at radius 1 is 1.21 bits per heavy atom. The number of aromatic nitrogens is 1. The zero-order valence-corrected chi connectivity index (χ0v) is 16.6. The van der Waals surface area contributed by atoms with Crippen molar-refractivity contribution in [1.82, 2.24) is 4.98 Å². The van der Waals surface area contributed by atoms with E-state index in [2.05, 4.69) is 10.2 Å². The van der Waals surface area contributed by atoms with Crippen molar-refractivity contribution in [3.05, 3.63) is 48.2 Å². The lowest BCUT2D eigenvalue weighted by Gasteiger charge is -2.25. The fraction of sp³-hybridized carbons (Fsp3) is 0.238. The van der Waals surface area contributed by atoms with E-state index in [9.17, 15) is 4.79 Å². The number of thiazole rings is 1. The van der Waals surface area contributed by atoms with Crippen LogP contribution in [0.1, 0.15) is 10.6 Å². The van der Waals surface area contributed by atoms with E-state index in [0.717, 1.165) is 47.0 Å². The standard InChI is InChI=1S/C21H19N3O4S/c1-26-16-4-2-3-13-11-17(28-19(13)16)20(25)22-14-5-6-15-18(12-14)29-21(23-15)24-7-9-27-10-8-24/h2-6,11-12H,7-10H2,1H3,(H,22,25). The van der Waals surface area contributed by atoms with E-state index in [4.69, 9.17) is 18.9 Å². The Hall–Kier alpha value is -3.10. The Kier molecular flexibility index (Phi) is 4.57. The van der Waals surface area contributed by atoms with E-state index in [1.165, 1.54) is 0 Å². The molecule has 1 fully saturated rings. The molecule has 1 aliphatic rings. The van der Waals surface area contributed by atoms with Gasteiger partial charge in [-0.15, -0.1) is 0 Å². The van der Waals surface area contributed by atoms with Gasteiger partial charge in [0.05, 0.1) is 30.5 Å². The summed E-state index contributed by atoms with van der Waals surface area (Å²) in [5.74, 6) is 0.534. The second-order valence-corrected chi connectivity index (χ2v) is 7.73. The van der Waals surface area contributed by atoms with Crippen LogP contribution < -0.4 is 15.0 Å². The first kappa shape index (κ1) is 18.0. The summed E-state index contributed by atoms with van der Waals surface area (Å²) in [6.45, 7) is 3.14. The van der Waals surface area contributed by atoms with Gasteiger partial charge in [0.2, 0.25) is 0 Å². The molecule has 0 bridgehead atoms. The molecular weight excluding hydrogens is 390 g/mol. The number of amides is 1. The zero-order valence-electron chi connectivity index (χ0n) is 15.8. The second kappa shape index (κ2) is 7.38. The molecule has 1 saturated heterocycles. The number of anilines is 2. The monoisotopic (exact) mass is 409 g/mol. The summed E-state index contributed by atoms with van der Waals surface area (Å²) in [5, 5.41) is 4.71. The molecule has 0 aliphatic carbocycles. The molecule has 1 amide bonds. The molecule has 2 aromatic heterocycles. The van der Waals surface area contributed by atoms with Gasteiger partial charge in [-0.1, -0.05) is 23.5 Å². The largest absolute Gasteiger partial charge is 0.493 e. The maximum Gasteiger partial charge on any atom is 0.291 e. The van der Waals surface area contributed by atoms with Crippen LogP contribution in [0.5, 0.6) is 5.75 Å². The van der Waals surface area contributed by atoms with Gasteiger partial charge in [0.1, 0.15) is 0 Å². The Morgan fingerprint density at radius 2 is 2.07 bits per heavy atom. The fourth-order valence-electron chi connectivity index (χ4n) is 3.38. The normalized spacial score (nSPS) is 14.4. The van der Waals surface area contributed by atoms with E-state index >= 15 is 0 Å². The highest BCUT2D eigenvalue weighted by Crippen LogP contribution is 2.32. The Labute approximate surface area is 170 Å². The number of carbonyl (C=O) groups is 1. The minimum absolute atomic E-state index is 0.239. The van der Waals surface area contributed by atoms with Crippen LogP contribution in [-0.2, 0) is 4.74 Å². The molecule has 7 nitrogen and oxygen atoms in total. The lowest BCUT2D eigenvalue weighted by Crippen LogP contribution is -2.36. The van der Waals surface area contributed by atoms with E-state index in [1.807, 2.05) is 30.3 Å². The maximum absolute atomic E-state index is 12.7. The summed E-state index contributed by atoms with van der Waals surface area (Å²) in [6.07, 6.45) is 0. The third kappa shape index (κ3) is 3.41. The summed E-state index contributed by atoms with van der Waals surface area (Å²) in [4.78, 5) is 19.6. The minimum Gasteiger partial charge on any atom is -0.493 e. The van der Waals surface area contributed by atoms with Crippen molar-refractivity contribution in [2.75, 3.05) is 43.6 Å². The number of fused-ring (bicyclic) bond motifs is 2. The van der Waals surface area contributed by atoms with Gasteiger partial charge >= 0.3 is 0 Å². The molecule has 5 rings (SSSR count). The van der Waals surface area contributed by atoms with Crippen LogP contribution >= 0.6 is 11.3 Å². The van der Waals surface area contributed by atoms with Gasteiger partial charge in [-0.3, -0.25) is 4.79 Å².